The molecule has 1 rings (SSSR count). The molecule has 0 fully saturated rings. The first-order chi connectivity index (χ1) is 9.61. The molecular weight excluding hydrogens is 331 g/mol. The third-order valence-electron chi connectivity index (χ3n) is 2.62. The van der Waals surface area contributed by atoms with Gasteiger partial charge in [0.15, 0.2) is 0 Å². The van der Waals surface area contributed by atoms with Crippen LogP contribution in [0.15, 0.2) is 23.1 Å². The summed E-state index contributed by atoms with van der Waals surface area (Å²) in [5, 5.41) is 8.83. The van der Waals surface area contributed by atoms with Crippen molar-refractivity contribution in [2.75, 3.05) is 13.1 Å². The van der Waals surface area contributed by atoms with Gasteiger partial charge in [-0.2, -0.15) is 17.5 Å². The van der Waals surface area contributed by atoms with Crippen molar-refractivity contribution in [3.05, 3.63) is 28.8 Å². The van der Waals surface area contributed by atoms with E-state index in [9.17, 15) is 21.6 Å². The number of sulfonamides is 1. The first kappa shape index (κ1) is 18.2. The molecule has 0 unspecified atom stereocenters. The molecule has 0 aromatic heterocycles. The summed E-state index contributed by atoms with van der Waals surface area (Å²) in [5.41, 5.74) is 0.251. The predicted octanol–water partition coefficient (Wildman–Crippen LogP) is 2.80. The van der Waals surface area contributed by atoms with E-state index in [0.29, 0.717) is 4.31 Å². The Balaban J connectivity index is 3.28. The average Bonchev–Trinajstić information content (AvgIpc) is 2.37. The molecule has 21 heavy (non-hydrogen) atoms. The van der Waals surface area contributed by atoms with Crippen molar-refractivity contribution < 1.29 is 26.7 Å². The first-order valence-corrected chi connectivity index (χ1v) is 7.89. The van der Waals surface area contributed by atoms with Crippen LogP contribution >= 0.6 is 11.6 Å². The minimum absolute atomic E-state index is 0.185. The molecule has 0 radical (unpaired) electrons. The highest BCUT2D eigenvalue weighted by Gasteiger charge is 2.37. The van der Waals surface area contributed by atoms with Gasteiger partial charge >= 0.3 is 6.18 Å². The van der Waals surface area contributed by atoms with E-state index in [4.69, 9.17) is 16.7 Å². The van der Waals surface area contributed by atoms with Crippen LogP contribution in [0.5, 0.6) is 0 Å². The van der Waals surface area contributed by atoms with Crippen LogP contribution < -0.4 is 0 Å². The van der Waals surface area contributed by atoms with E-state index < -0.39 is 34.2 Å². The van der Waals surface area contributed by atoms with Gasteiger partial charge in [-0.3, -0.25) is 0 Å². The zero-order valence-electron chi connectivity index (χ0n) is 11.2. The molecule has 0 bridgehead atoms. The van der Waals surface area contributed by atoms with Gasteiger partial charge < -0.3 is 5.11 Å². The van der Waals surface area contributed by atoms with Crippen molar-refractivity contribution in [1.82, 2.24) is 4.31 Å². The zero-order chi connectivity index (χ0) is 16.3. The fourth-order valence-electron chi connectivity index (χ4n) is 1.72. The number of alkyl halides is 3. The minimum atomic E-state index is -4.65. The summed E-state index contributed by atoms with van der Waals surface area (Å²) in [5.74, 6) is 0. The maximum Gasteiger partial charge on any atom is 0.402 e. The molecule has 120 valence electrons. The smallest absolute Gasteiger partial charge is 0.392 e. The number of halogens is 4. The summed E-state index contributed by atoms with van der Waals surface area (Å²) >= 11 is 5.78. The maximum absolute atomic E-state index is 12.5. The lowest BCUT2D eigenvalue weighted by Gasteiger charge is -2.23. The number of aliphatic hydroxyl groups excluding tert-OH is 1. The quantitative estimate of drug-likeness (QED) is 0.862. The van der Waals surface area contributed by atoms with Crippen molar-refractivity contribution in [2.24, 2.45) is 0 Å². The van der Waals surface area contributed by atoms with Gasteiger partial charge in [0.25, 0.3) is 0 Å². The summed E-state index contributed by atoms with van der Waals surface area (Å²) in [6, 6.07) is 3.71. The van der Waals surface area contributed by atoms with Crippen molar-refractivity contribution >= 4 is 21.6 Å². The van der Waals surface area contributed by atoms with E-state index in [0.717, 1.165) is 6.07 Å². The largest absolute Gasteiger partial charge is 0.402 e. The van der Waals surface area contributed by atoms with Crippen molar-refractivity contribution in [1.29, 1.82) is 0 Å². The zero-order valence-corrected chi connectivity index (χ0v) is 12.8. The van der Waals surface area contributed by atoms with Crippen LogP contribution in [0.2, 0.25) is 5.02 Å². The Bertz CT molecular complexity index is 590. The minimum Gasteiger partial charge on any atom is -0.392 e. The van der Waals surface area contributed by atoms with E-state index in [1.807, 2.05) is 0 Å². The van der Waals surface area contributed by atoms with Crippen molar-refractivity contribution in [3.8, 4) is 0 Å². The number of benzene rings is 1. The van der Waals surface area contributed by atoms with Gasteiger partial charge in [0.2, 0.25) is 10.0 Å². The van der Waals surface area contributed by atoms with Crippen LogP contribution in [0.1, 0.15) is 18.9 Å². The highest BCUT2D eigenvalue weighted by atomic mass is 35.5. The molecule has 0 heterocycles. The van der Waals surface area contributed by atoms with Gasteiger partial charge in [0.1, 0.15) is 11.4 Å². The highest BCUT2D eigenvalue weighted by Crippen LogP contribution is 2.28. The third-order valence-corrected chi connectivity index (χ3v) is 4.95. The van der Waals surface area contributed by atoms with Gasteiger partial charge in [-0.1, -0.05) is 24.6 Å². The molecular formula is C12H15ClF3NO3S. The van der Waals surface area contributed by atoms with Crippen LogP contribution in [0.4, 0.5) is 13.2 Å². The lowest BCUT2D eigenvalue weighted by atomic mass is 10.2. The van der Waals surface area contributed by atoms with Crippen LogP contribution in [-0.4, -0.2) is 37.1 Å². The summed E-state index contributed by atoms with van der Waals surface area (Å²) in [4.78, 5) is -0.437. The molecule has 0 spiro atoms. The van der Waals surface area contributed by atoms with Crippen LogP contribution in [0, 0.1) is 0 Å². The lowest BCUT2D eigenvalue weighted by Crippen LogP contribution is -2.39. The average molecular weight is 346 g/mol. The standard InChI is InChI=1S/C12H15ClF3NO3S/c1-2-5-17(8-12(14,15)16)21(19,20)11-6-9(7-18)3-4-10(11)13/h3-4,6,18H,2,5,7-8H2,1H3. The Morgan fingerprint density at radius 1 is 1.33 bits per heavy atom. The Morgan fingerprint density at radius 3 is 2.43 bits per heavy atom. The number of hydrogen-bond acceptors (Lipinski definition) is 3. The van der Waals surface area contributed by atoms with Crippen LogP contribution in [0.3, 0.4) is 0 Å². The Kier molecular flexibility index (Phi) is 6.03. The third kappa shape index (κ3) is 4.84. The van der Waals surface area contributed by atoms with E-state index >= 15 is 0 Å². The maximum atomic E-state index is 12.5. The van der Waals surface area contributed by atoms with Gasteiger partial charge in [0, 0.05) is 6.54 Å². The van der Waals surface area contributed by atoms with E-state index in [1.165, 1.54) is 12.1 Å². The second-order valence-electron chi connectivity index (χ2n) is 4.38. The summed E-state index contributed by atoms with van der Waals surface area (Å²) in [6.45, 7) is -0.720. The fourth-order valence-corrected chi connectivity index (χ4v) is 3.76. The molecule has 0 atom stereocenters. The number of hydrogen-bond donors (Lipinski definition) is 1. The van der Waals surface area contributed by atoms with Crippen LogP contribution in [-0.2, 0) is 16.6 Å². The molecule has 4 nitrogen and oxygen atoms in total. The van der Waals surface area contributed by atoms with E-state index in [2.05, 4.69) is 0 Å². The molecule has 0 amide bonds. The van der Waals surface area contributed by atoms with Crippen molar-refractivity contribution in [2.45, 2.75) is 31.0 Å². The summed E-state index contributed by atoms with van der Waals surface area (Å²) in [7, 11) is -4.39. The SMILES string of the molecule is CCCN(CC(F)(F)F)S(=O)(=O)c1cc(CO)ccc1Cl. The molecule has 0 aliphatic heterocycles. The summed E-state index contributed by atoms with van der Waals surface area (Å²) in [6.07, 6.45) is -4.42. The Morgan fingerprint density at radius 2 is 1.95 bits per heavy atom. The van der Waals surface area contributed by atoms with E-state index in [-0.39, 0.29) is 23.6 Å². The fraction of sp³-hybridized carbons (Fsp3) is 0.500. The number of nitrogens with zero attached hydrogens (tertiary/aromatic N) is 1. The molecule has 0 saturated heterocycles. The summed E-state index contributed by atoms with van der Waals surface area (Å²) < 4.78 is 62.7. The molecule has 0 saturated carbocycles. The monoisotopic (exact) mass is 345 g/mol. The molecule has 1 aromatic rings. The first-order valence-electron chi connectivity index (χ1n) is 6.08. The molecule has 9 heteroatoms. The molecule has 0 aliphatic rings. The van der Waals surface area contributed by atoms with Crippen molar-refractivity contribution in [3.63, 3.8) is 0 Å². The molecule has 1 N–H and O–H groups in total. The second-order valence-corrected chi connectivity index (χ2v) is 6.69. The Labute approximate surface area is 126 Å². The molecule has 1 aromatic carbocycles. The van der Waals surface area contributed by atoms with Crippen LogP contribution in [0.25, 0.3) is 0 Å². The normalized spacial score (nSPS) is 12.9. The number of rotatable bonds is 6. The highest BCUT2D eigenvalue weighted by molar-refractivity contribution is 7.89. The predicted molar refractivity (Wildman–Crippen MR) is 72.5 cm³/mol. The molecule has 0 aliphatic carbocycles. The number of aliphatic hydroxyl groups is 1. The van der Waals surface area contributed by atoms with Gasteiger partial charge in [-0.15, -0.1) is 0 Å². The Hall–Kier alpha value is -0.830. The topological polar surface area (TPSA) is 57.6 Å². The van der Waals surface area contributed by atoms with E-state index in [1.54, 1.807) is 6.92 Å². The second kappa shape index (κ2) is 6.95. The van der Waals surface area contributed by atoms with Gasteiger partial charge in [-0.25, -0.2) is 8.42 Å². The van der Waals surface area contributed by atoms with Gasteiger partial charge in [-0.05, 0) is 24.1 Å². The van der Waals surface area contributed by atoms with Gasteiger partial charge in [0.05, 0.1) is 11.6 Å². The lowest BCUT2D eigenvalue weighted by molar-refractivity contribution is -0.136.